The summed E-state index contributed by atoms with van der Waals surface area (Å²) < 4.78 is 0. The predicted octanol–water partition coefficient (Wildman–Crippen LogP) is 1.23. The Hall–Kier alpha value is -2.64. The van der Waals surface area contributed by atoms with Crippen LogP contribution in [-0.4, -0.2) is 70.9 Å². The minimum Gasteiger partial charge on any atom is -0.368 e. The summed E-state index contributed by atoms with van der Waals surface area (Å²) in [4.78, 5) is 47.4. The van der Waals surface area contributed by atoms with Crippen molar-refractivity contribution in [3.63, 3.8) is 0 Å². The minimum absolute atomic E-state index is 0.0988. The largest absolute Gasteiger partial charge is 0.368 e. The van der Waals surface area contributed by atoms with E-state index < -0.39 is 11.6 Å². The molecule has 0 radical (unpaired) electrons. The zero-order chi connectivity index (χ0) is 19.7. The van der Waals surface area contributed by atoms with E-state index in [1.54, 1.807) is 17.3 Å². The summed E-state index contributed by atoms with van der Waals surface area (Å²) in [6, 6.07) is 3.48. The molecule has 150 valence electrons. The van der Waals surface area contributed by atoms with Gasteiger partial charge in [-0.1, -0.05) is 19.8 Å². The lowest BCUT2D eigenvalue weighted by molar-refractivity contribution is -0.140. The van der Waals surface area contributed by atoms with Crippen LogP contribution in [-0.2, 0) is 9.59 Å². The van der Waals surface area contributed by atoms with Crippen molar-refractivity contribution < 1.29 is 14.4 Å². The Kier molecular flexibility index (Phi) is 4.95. The Labute approximate surface area is 164 Å². The van der Waals surface area contributed by atoms with Crippen molar-refractivity contribution in [1.29, 1.82) is 0 Å². The standard InChI is InChI=1S/C20H27N5O3/c1-15-4-2-3-7-20(15)18(27)25(19(28)22-20)14-17(26)24-12-10-23(11-13-24)16-5-8-21-9-6-16/h5-6,8-9,15H,2-4,7,10-14H2,1H3,(H,22,28)/t15-,20-/m0/s1. The highest BCUT2D eigenvalue weighted by Crippen LogP contribution is 2.38. The maximum absolute atomic E-state index is 13.0. The van der Waals surface area contributed by atoms with Gasteiger partial charge in [0.25, 0.3) is 5.91 Å². The van der Waals surface area contributed by atoms with Gasteiger partial charge in [-0.25, -0.2) is 4.79 Å². The predicted molar refractivity (Wildman–Crippen MR) is 104 cm³/mol. The molecule has 1 aliphatic carbocycles. The second-order valence-electron chi connectivity index (χ2n) is 8.01. The molecule has 3 aliphatic rings. The molecule has 0 bridgehead atoms. The minimum atomic E-state index is -0.810. The van der Waals surface area contributed by atoms with Gasteiger partial charge in [0.2, 0.25) is 5.91 Å². The van der Waals surface area contributed by atoms with Gasteiger partial charge in [0.1, 0.15) is 12.1 Å². The molecule has 8 nitrogen and oxygen atoms in total. The van der Waals surface area contributed by atoms with Gasteiger partial charge in [-0.3, -0.25) is 19.5 Å². The number of anilines is 1. The van der Waals surface area contributed by atoms with E-state index in [2.05, 4.69) is 15.2 Å². The van der Waals surface area contributed by atoms with E-state index >= 15 is 0 Å². The molecule has 1 aromatic rings. The molecule has 1 aromatic heterocycles. The fourth-order valence-electron chi connectivity index (χ4n) is 4.64. The maximum Gasteiger partial charge on any atom is 0.325 e. The topological polar surface area (TPSA) is 85.8 Å². The van der Waals surface area contributed by atoms with Gasteiger partial charge in [0, 0.05) is 44.3 Å². The lowest BCUT2D eigenvalue weighted by Gasteiger charge is -2.37. The Bertz CT molecular complexity index is 762. The van der Waals surface area contributed by atoms with Crippen molar-refractivity contribution in [2.75, 3.05) is 37.6 Å². The van der Waals surface area contributed by atoms with Crippen molar-refractivity contribution in [2.45, 2.75) is 38.1 Å². The van der Waals surface area contributed by atoms with Gasteiger partial charge in [-0.05, 0) is 30.9 Å². The first-order chi connectivity index (χ1) is 13.5. The quantitative estimate of drug-likeness (QED) is 0.791. The number of carbonyl (C=O) groups excluding carboxylic acids is 3. The number of hydrogen-bond acceptors (Lipinski definition) is 5. The number of nitrogens with one attached hydrogen (secondary N) is 1. The number of nitrogens with zero attached hydrogens (tertiary/aromatic N) is 4. The fourth-order valence-corrected chi connectivity index (χ4v) is 4.64. The molecule has 2 saturated heterocycles. The van der Waals surface area contributed by atoms with E-state index in [1.807, 2.05) is 19.1 Å². The van der Waals surface area contributed by atoms with E-state index in [0.717, 1.165) is 42.9 Å². The maximum atomic E-state index is 13.0. The average molecular weight is 385 g/mol. The highest BCUT2D eigenvalue weighted by atomic mass is 16.2. The zero-order valence-corrected chi connectivity index (χ0v) is 16.3. The van der Waals surface area contributed by atoms with Crippen molar-refractivity contribution in [3.8, 4) is 0 Å². The van der Waals surface area contributed by atoms with Crippen LogP contribution in [0.1, 0.15) is 32.6 Å². The monoisotopic (exact) mass is 385 g/mol. The first-order valence-electron chi connectivity index (χ1n) is 10.1. The molecule has 2 atom stereocenters. The number of piperazine rings is 1. The van der Waals surface area contributed by atoms with E-state index in [1.165, 1.54) is 0 Å². The van der Waals surface area contributed by atoms with E-state index in [-0.39, 0.29) is 24.3 Å². The van der Waals surface area contributed by atoms with Crippen LogP contribution in [0.4, 0.5) is 10.5 Å². The van der Waals surface area contributed by atoms with Crippen LogP contribution in [0, 0.1) is 5.92 Å². The summed E-state index contributed by atoms with van der Waals surface area (Å²) in [6.07, 6.45) is 7.10. The molecule has 3 fully saturated rings. The van der Waals surface area contributed by atoms with Crippen LogP contribution in [0.2, 0.25) is 0 Å². The van der Waals surface area contributed by atoms with Crippen LogP contribution < -0.4 is 10.2 Å². The Balaban J connectivity index is 1.36. The van der Waals surface area contributed by atoms with Gasteiger partial charge in [-0.2, -0.15) is 0 Å². The summed E-state index contributed by atoms with van der Waals surface area (Å²) in [5, 5.41) is 2.91. The molecule has 8 heteroatoms. The van der Waals surface area contributed by atoms with E-state index in [9.17, 15) is 14.4 Å². The Morgan fingerprint density at radius 1 is 1.18 bits per heavy atom. The SMILES string of the molecule is C[C@H]1CCCC[C@]12NC(=O)N(CC(=O)N1CCN(c3ccncc3)CC1)C2=O. The molecule has 1 spiro atoms. The molecular weight excluding hydrogens is 358 g/mol. The summed E-state index contributed by atoms with van der Waals surface area (Å²) >= 11 is 0. The zero-order valence-electron chi connectivity index (χ0n) is 16.3. The Morgan fingerprint density at radius 2 is 1.89 bits per heavy atom. The lowest BCUT2D eigenvalue weighted by Crippen LogP contribution is -2.55. The second kappa shape index (κ2) is 7.41. The summed E-state index contributed by atoms with van der Waals surface area (Å²) in [6.45, 7) is 4.43. The third-order valence-electron chi connectivity index (χ3n) is 6.46. The van der Waals surface area contributed by atoms with E-state index in [4.69, 9.17) is 0 Å². The molecule has 4 amide bonds. The molecule has 4 rings (SSSR count). The molecule has 0 aromatic carbocycles. The molecule has 28 heavy (non-hydrogen) atoms. The molecule has 1 N–H and O–H groups in total. The fraction of sp³-hybridized carbons (Fsp3) is 0.600. The third kappa shape index (κ3) is 3.21. The number of aromatic nitrogens is 1. The van der Waals surface area contributed by atoms with E-state index in [0.29, 0.717) is 19.5 Å². The van der Waals surface area contributed by atoms with Crippen LogP contribution in [0.3, 0.4) is 0 Å². The van der Waals surface area contributed by atoms with Crippen LogP contribution >= 0.6 is 0 Å². The molecule has 2 aliphatic heterocycles. The highest BCUT2D eigenvalue weighted by molar-refractivity contribution is 6.09. The van der Waals surface area contributed by atoms with Gasteiger partial charge in [-0.15, -0.1) is 0 Å². The number of imide groups is 1. The number of carbonyl (C=O) groups is 3. The normalized spacial score (nSPS) is 28.0. The lowest BCUT2D eigenvalue weighted by atomic mass is 9.73. The summed E-state index contributed by atoms with van der Waals surface area (Å²) in [7, 11) is 0. The smallest absolute Gasteiger partial charge is 0.325 e. The number of rotatable bonds is 3. The van der Waals surface area contributed by atoms with Gasteiger partial charge in [0.15, 0.2) is 0 Å². The van der Waals surface area contributed by atoms with Gasteiger partial charge >= 0.3 is 6.03 Å². The molecular formula is C20H27N5O3. The summed E-state index contributed by atoms with van der Waals surface area (Å²) in [5.74, 6) is -0.298. The average Bonchev–Trinajstić information content (AvgIpc) is 2.96. The molecule has 0 unspecified atom stereocenters. The Morgan fingerprint density at radius 3 is 2.57 bits per heavy atom. The first-order valence-corrected chi connectivity index (χ1v) is 10.1. The number of urea groups is 1. The van der Waals surface area contributed by atoms with Crippen LogP contribution in [0.25, 0.3) is 0 Å². The van der Waals surface area contributed by atoms with Gasteiger partial charge in [0.05, 0.1) is 0 Å². The van der Waals surface area contributed by atoms with Gasteiger partial charge < -0.3 is 15.1 Å². The third-order valence-corrected chi connectivity index (χ3v) is 6.46. The first kappa shape index (κ1) is 18.7. The number of amides is 4. The van der Waals surface area contributed by atoms with Crippen molar-refractivity contribution in [3.05, 3.63) is 24.5 Å². The highest BCUT2D eigenvalue weighted by Gasteiger charge is 2.55. The van der Waals surface area contributed by atoms with Crippen LogP contribution in [0.15, 0.2) is 24.5 Å². The summed E-state index contributed by atoms with van der Waals surface area (Å²) in [5.41, 5.74) is 0.278. The molecule has 1 saturated carbocycles. The number of pyridine rings is 1. The van der Waals surface area contributed by atoms with Crippen molar-refractivity contribution >= 4 is 23.5 Å². The second-order valence-corrected chi connectivity index (χ2v) is 8.01. The number of hydrogen-bond donors (Lipinski definition) is 1. The van der Waals surface area contributed by atoms with Crippen molar-refractivity contribution in [2.24, 2.45) is 5.92 Å². The molecule has 3 heterocycles. The van der Waals surface area contributed by atoms with Crippen LogP contribution in [0.5, 0.6) is 0 Å². The van der Waals surface area contributed by atoms with Crippen molar-refractivity contribution in [1.82, 2.24) is 20.1 Å².